The van der Waals surface area contributed by atoms with Gasteiger partial charge in [0.1, 0.15) is 23.4 Å². The molecule has 0 aromatic heterocycles. The lowest BCUT2D eigenvalue weighted by Crippen LogP contribution is -2.58. The maximum absolute atomic E-state index is 12.7. The van der Waals surface area contributed by atoms with Gasteiger partial charge >= 0.3 is 12.2 Å². The number of carbonyl (C=O) groups excluding carboxylic acids is 2. The highest BCUT2D eigenvalue weighted by Gasteiger charge is 2.53. The summed E-state index contributed by atoms with van der Waals surface area (Å²) in [6.07, 6.45) is 1.31. The van der Waals surface area contributed by atoms with E-state index in [1.165, 1.54) is 0 Å². The molecule has 0 aromatic carbocycles. The molecular weight excluding hydrogens is 628 g/mol. The number of likely N-dealkylation sites (tertiary alicyclic amines) is 2. The van der Waals surface area contributed by atoms with Crippen molar-refractivity contribution in [3.63, 3.8) is 0 Å². The maximum atomic E-state index is 12.7. The second-order valence-electron chi connectivity index (χ2n) is 16.3. The molecule has 0 aromatic rings. The van der Waals surface area contributed by atoms with E-state index in [9.17, 15) is 9.59 Å². The number of hydrogen-bond donors (Lipinski definition) is 0. The van der Waals surface area contributed by atoms with Crippen LogP contribution < -0.4 is 0 Å². The molecule has 0 radical (unpaired) electrons. The van der Waals surface area contributed by atoms with Crippen LogP contribution in [0.15, 0.2) is 0 Å². The summed E-state index contributed by atoms with van der Waals surface area (Å²) in [5.74, 6) is -2.52. The number of piperidine rings is 2. The number of nitrogens with zero attached hydrogens (tertiary/aromatic N) is 2. The Labute approximate surface area is 285 Å². The predicted molar refractivity (Wildman–Crippen MR) is 171 cm³/mol. The van der Waals surface area contributed by atoms with E-state index < -0.39 is 34.4 Å². The van der Waals surface area contributed by atoms with E-state index in [1.54, 1.807) is 9.80 Å². The maximum Gasteiger partial charge on any atom is 0.410 e. The van der Waals surface area contributed by atoms with Gasteiger partial charge in [-0.3, -0.25) is 0 Å². The van der Waals surface area contributed by atoms with Crippen molar-refractivity contribution in [2.75, 3.05) is 52.7 Å². The summed E-state index contributed by atoms with van der Waals surface area (Å²) in [7, 11) is 0. The van der Waals surface area contributed by atoms with Gasteiger partial charge in [-0.25, -0.2) is 9.59 Å². The van der Waals surface area contributed by atoms with Crippen molar-refractivity contribution >= 4 is 12.2 Å². The van der Waals surface area contributed by atoms with Crippen molar-refractivity contribution in [2.24, 2.45) is 0 Å². The van der Waals surface area contributed by atoms with Crippen LogP contribution in [-0.4, -0.2) is 133 Å². The van der Waals surface area contributed by atoms with Gasteiger partial charge in [-0.05, 0) is 69.2 Å². The quantitative estimate of drug-likeness (QED) is 0.403. The van der Waals surface area contributed by atoms with E-state index in [4.69, 9.17) is 47.4 Å². The fourth-order valence-corrected chi connectivity index (χ4v) is 7.06. The number of carbonyl (C=O) groups is 2. The van der Waals surface area contributed by atoms with Crippen molar-refractivity contribution in [2.45, 2.75) is 154 Å². The number of hydrogen-bond acceptors (Lipinski definition) is 12. The predicted octanol–water partition coefficient (Wildman–Crippen LogP) is 4.56. The Hall–Kier alpha value is -1.78. The molecule has 0 aliphatic carbocycles. The summed E-state index contributed by atoms with van der Waals surface area (Å²) in [5.41, 5.74) is -1.08. The molecule has 6 saturated heterocycles. The largest absolute Gasteiger partial charge is 0.444 e. The van der Waals surface area contributed by atoms with Crippen LogP contribution in [0, 0.1) is 0 Å². The van der Waals surface area contributed by atoms with Crippen LogP contribution in [0.25, 0.3) is 0 Å². The van der Waals surface area contributed by atoms with Crippen molar-refractivity contribution in [3.05, 3.63) is 0 Å². The first-order valence-electron chi connectivity index (χ1n) is 17.4. The molecule has 2 amide bonds. The second kappa shape index (κ2) is 13.7. The molecule has 6 heterocycles. The molecule has 0 unspecified atom stereocenters. The third-order valence-electron chi connectivity index (χ3n) is 9.11. The molecule has 48 heavy (non-hydrogen) atoms. The molecule has 6 aliphatic heterocycles. The molecule has 14 heteroatoms. The van der Waals surface area contributed by atoms with E-state index in [0.29, 0.717) is 78.4 Å². The SMILES string of the molecule is CC(C)(C)OC(=O)N1CCC2(C[C@@H]1[C@H]1COC(C)(C)O1)OCCO2.CC(C)(C)OC(=O)N1CCC2(C[C@@H]1[C@H]1COC(C)(C)O1)OCCO2. The summed E-state index contributed by atoms with van der Waals surface area (Å²) in [6, 6.07) is -0.401. The number of ether oxygens (including phenoxy) is 10. The minimum Gasteiger partial charge on any atom is -0.444 e. The van der Waals surface area contributed by atoms with Crippen LogP contribution in [0.2, 0.25) is 0 Å². The van der Waals surface area contributed by atoms with Gasteiger partial charge in [-0.2, -0.15) is 0 Å². The lowest BCUT2D eigenvalue weighted by molar-refractivity contribution is -0.209. The minimum atomic E-state index is -0.647. The van der Waals surface area contributed by atoms with Crippen molar-refractivity contribution < 1.29 is 57.0 Å². The summed E-state index contributed by atoms with van der Waals surface area (Å²) >= 11 is 0. The monoisotopic (exact) mass is 686 g/mol. The fourth-order valence-electron chi connectivity index (χ4n) is 7.06. The standard InChI is InChI=1S/2C17H29NO6/c2*1-15(2,3)24-14(19)18-7-6-17(20-8-9-21-17)10-12(18)13-11-22-16(4,5)23-13/h2*12-13H,6-11H2,1-5H3/t2*12-,13-/m11/s1. The first-order valence-corrected chi connectivity index (χ1v) is 17.4. The number of amides is 2. The first kappa shape index (κ1) is 37.5. The van der Waals surface area contributed by atoms with Gasteiger partial charge in [0.05, 0.1) is 51.7 Å². The van der Waals surface area contributed by atoms with Crippen LogP contribution in [0.3, 0.4) is 0 Å². The highest BCUT2D eigenvalue weighted by Crippen LogP contribution is 2.41. The molecule has 4 atom stereocenters. The topological polar surface area (TPSA) is 133 Å². The number of rotatable bonds is 2. The smallest absolute Gasteiger partial charge is 0.410 e. The lowest BCUT2D eigenvalue weighted by atomic mass is 9.92. The van der Waals surface area contributed by atoms with Gasteiger partial charge < -0.3 is 57.2 Å². The van der Waals surface area contributed by atoms with Gasteiger partial charge in [0.15, 0.2) is 23.1 Å². The normalized spacial score (nSPS) is 32.3. The Morgan fingerprint density at radius 1 is 0.583 bits per heavy atom. The van der Waals surface area contributed by atoms with Crippen LogP contribution in [-0.2, 0) is 47.4 Å². The first-order chi connectivity index (χ1) is 22.2. The molecule has 276 valence electrons. The molecule has 0 bridgehead atoms. The van der Waals surface area contributed by atoms with Gasteiger partial charge in [-0.1, -0.05) is 0 Å². The summed E-state index contributed by atoms with van der Waals surface area (Å²) < 4.78 is 58.0. The Morgan fingerprint density at radius 2 is 0.917 bits per heavy atom. The molecule has 2 spiro atoms. The van der Waals surface area contributed by atoms with Gasteiger partial charge in [0.2, 0.25) is 0 Å². The third-order valence-corrected chi connectivity index (χ3v) is 9.11. The van der Waals surface area contributed by atoms with E-state index in [1.807, 2.05) is 69.2 Å². The highest BCUT2D eigenvalue weighted by molar-refractivity contribution is 5.69. The zero-order valence-electron chi connectivity index (χ0n) is 30.6. The van der Waals surface area contributed by atoms with Crippen LogP contribution in [0.1, 0.15) is 94.9 Å². The van der Waals surface area contributed by atoms with E-state index in [0.717, 1.165) is 0 Å². The molecule has 0 N–H and O–H groups in total. The molecule has 6 aliphatic rings. The molecule has 0 saturated carbocycles. The van der Waals surface area contributed by atoms with E-state index in [2.05, 4.69) is 0 Å². The third kappa shape index (κ3) is 9.30. The van der Waals surface area contributed by atoms with Crippen LogP contribution >= 0.6 is 0 Å². The summed E-state index contributed by atoms with van der Waals surface area (Å²) in [6.45, 7) is 23.0. The van der Waals surface area contributed by atoms with Gasteiger partial charge in [0.25, 0.3) is 0 Å². The zero-order valence-corrected chi connectivity index (χ0v) is 30.6. The fraction of sp³-hybridized carbons (Fsp3) is 0.941. The Bertz CT molecular complexity index is 1050. The summed E-state index contributed by atoms with van der Waals surface area (Å²) in [4.78, 5) is 28.8. The van der Waals surface area contributed by atoms with Gasteiger partial charge in [-0.15, -0.1) is 0 Å². The minimum absolute atomic E-state index is 0.200. The Balaban J connectivity index is 0.000000188. The zero-order chi connectivity index (χ0) is 35.2. The Kier molecular flexibility index (Phi) is 10.7. The average molecular weight is 687 g/mol. The van der Waals surface area contributed by atoms with E-state index >= 15 is 0 Å². The van der Waals surface area contributed by atoms with Crippen molar-refractivity contribution in [1.82, 2.24) is 9.80 Å². The lowest BCUT2D eigenvalue weighted by Gasteiger charge is -2.45. The van der Waals surface area contributed by atoms with Crippen LogP contribution in [0.5, 0.6) is 0 Å². The molecule has 6 rings (SSSR count). The van der Waals surface area contributed by atoms with Crippen LogP contribution in [0.4, 0.5) is 9.59 Å². The molecular formula is C34H58N2O12. The summed E-state index contributed by atoms with van der Waals surface area (Å²) in [5, 5.41) is 0. The molecule has 14 nitrogen and oxygen atoms in total. The highest BCUT2D eigenvalue weighted by atomic mass is 16.8. The van der Waals surface area contributed by atoms with Gasteiger partial charge in [0, 0.05) is 38.8 Å². The van der Waals surface area contributed by atoms with Crippen molar-refractivity contribution in [1.29, 1.82) is 0 Å². The van der Waals surface area contributed by atoms with Crippen molar-refractivity contribution in [3.8, 4) is 0 Å². The van der Waals surface area contributed by atoms with E-state index in [-0.39, 0.29) is 36.5 Å². The average Bonchev–Trinajstić information content (AvgIpc) is 3.75. The molecule has 6 fully saturated rings. The second-order valence-corrected chi connectivity index (χ2v) is 16.3. The Morgan fingerprint density at radius 3 is 1.19 bits per heavy atom.